The number of amides is 2. The largest absolute Gasteiger partial charge is 0.450 e. The molecule has 1 heterocycles. The Morgan fingerprint density at radius 1 is 1.12 bits per heavy atom. The van der Waals surface area contributed by atoms with Crippen LogP contribution in [0.25, 0.3) is 0 Å². The van der Waals surface area contributed by atoms with E-state index in [1.54, 1.807) is 50.2 Å². The lowest BCUT2D eigenvalue weighted by Gasteiger charge is -2.15. The van der Waals surface area contributed by atoms with E-state index in [1.807, 2.05) is 0 Å². The maximum Gasteiger partial charge on any atom is 0.411 e. The van der Waals surface area contributed by atoms with Crippen LogP contribution in [-0.4, -0.2) is 29.6 Å². The lowest BCUT2D eigenvalue weighted by Crippen LogP contribution is -2.32. The fourth-order valence-electron chi connectivity index (χ4n) is 1.93. The van der Waals surface area contributed by atoms with E-state index in [1.165, 1.54) is 6.20 Å². The molecular weight excluding hydrogens is 344 g/mol. The van der Waals surface area contributed by atoms with Gasteiger partial charge in [0.25, 0.3) is 0 Å². The minimum absolute atomic E-state index is 0.233. The van der Waals surface area contributed by atoms with Crippen molar-refractivity contribution in [3.05, 3.63) is 47.6 Å². The van der Waals surface area contributed by atoms with E-state index in [4.69, 9.17) is 16.3 Å². The molecule has 2 aromatic rings. The van der Waals surface area contributed by atoms with Gasteiger partial charge < -0.3 is 15.4 Å². The second-order valence-electron chi connectivity index (χ2n) is 5.14. The number of carbonyl (C=O) groups excluding carboxylic acids is 2. The molecule has 7 nitrogen and oxygen atoms in total. The van der Waals surface area contributed by atoms with Crippen LogP contribution >= 0.6 is 11.6 Å². The Hall–Kier alpha value is -2.80. The summed E-state index contributed by atoms with van der Waals surface area (Å²) in [5.74, 6) is 0.195. The lowest BCUT2D eigenvalue weighted by atomic mass is 10.2. The number of ether oxygens (including phenoxy) is 1. The van der Waals surface area contributed by atoms with Crippen LogP contribution in [0.3, 0.4) is 0 Å². The van der Waals surface area contributed by atoms with Gasteiger partial charge in [0.2, 0.25) is 5.91 Å². The third-order valence-electron chi connectivity index (χ3n) is 3.16. The van der Waals surface area contributed by atoms with Gasteiger partial charge in [0.05, 0.1) is 11.6 Å². The van der Waals surface area contributed by atoms with Crippen LogP contribution in [0.4, 0.5) is 22.0 Å². The number of benzene rings is 1. The highest BCUT2D eigenvalue weighted by Gasteiger charge is 2.13. The van der Waals surface area contributed by atoms with Crippen molar-refractivity contribution in [3.63, 3.8) is 0 Å². The Morgan fingerprint density at radius 2 is 1.80 bits per heavy atom. The molecule has 0 fully saturated rings. The summed E-state index contributed by atoms with van der Waals surface area (Å²) in [4.78, 5) is 27.5. The molecule has 2 rings (SSSR count). The molecule has 2 amide bonds. The average Bonchev–Trinajstić information content (AvgIpc) is 2.59. The van der Waals surface area contributed by atoms with Crippen molar-refractivity contribution >= 4 is 40.8 Å². The van der Waals surface area contributed by atoms with E-state index in [-0.39, 0.29) is 5.91 Å². The van der Waals surface area contributed by atoms with Gasteiger partial charge in [-0.05, 0) is 50.2 Å². The molecule has 1 unspecified atom stereocenters. The highest BCUT2D eigenvalue weighted by atomic mass is 35.5. The van der Waals surface area contributed by atoms with Gasteiger partial charge in [0, 0.05) is 17.6 Å². The predicted octanol–water partition coefficient (Wildman–Crippen LogP) is 3.74. The number of pyridine rings is 1. The molecule has 0 radical (unpaired) electrons. The summed E-state index contributed by atoms with van der Waals surface area (Å²) >= 11 is 5.76. The Morgan fingerprint density at radius 3 is 2.40 bits per heavy atom. The maximum atomic E-state index is 12.2. The molecule has 1 aromatic carbocycles. The van der Waals surface area contributed by atoms with Crippen LogP contribution < -0.4 is 16.0 Å². The summed E-state index contributed by atoms with van der Waals surface area (Å²) in [6, 6.07) is 9.73. The van der Waals surface area contributed by atoms with E-state index in [0.29, 0.717) is 23.1 Å². The lowest BCUT2D eigenvalue weighted by molar-refractivity contribution is -0.116. The van der Waals surface area contributed by atoms with Gasteiger partial charge in [0.15, 0.2) is 0 Å². The highest BCUT2D eigenvalue weighted by molar-refractivity contribution is 6.30. The van der Waals surface area contributed by atoms with Crippen molar-refractivity contribution in [1.82, 2.24) is 4.98 Å². The quantitative estimate of drug-likeness (QED) is 0.728. The zero-order valence-electron chi connectivity index (χ0n) is 13.9. The summed E-state index contributed by atoms with van der Waals surface area (Å²) < 4.78 is 4.80. The van der Waals surface area contributed by atoms with Crippen LogP contribution in [-0.2, 0) is 9.53 Å². The van der Waals surface area contributed by atoms with Gasteiger partial charge in [-0.25, -0.2) is 9.78 Å². The van der Waals surface area contributed by atoms with Gasteiger partial charge in [-0.1, -0.05) is 11.6 Å². The van der Waals surface area contributed by atoms with Crippen LogP contribution in [0.1, 0.15) is 13.8 Å². The molecule has 0 spiro atoms. The monoisotopic (exact) mass is 362 g/mol. The second kappa shape index (κ2) is 8.89. The highest BCUT2D eigenvalue weighted by Crippen LogP contribution is 2.15. The molecule has 0 saturated carbocycles. The fourth-order valence-corrected chi connectivity index (χ4v) is 2.05. The minimum Gasteiger partial charge on any atom is -0.450 e. The Bertz CT molecular complexity index is 720. The van der Waals surface area contributed by atoms with E-state index in [2.05, 4.69) is 20.9 Å². The molecule has 0 aliphatic rings. The Kier molecular flexibility index (Phi) is 6.59. The van der Waals surface area contributed by atoms with Crippen LogP contribution in [0, 0.1) is 0 Å². The van der Waals surface area contributed by atoms with Crippen molar-refractivity contribution < 1.29 is 14.3 Å². The van der Waals surface area contributed by atoms with Gasteiger partial charge in [0.1, 0.15) is 11.9 Å². The standard InChI is InChI=1S/C17H19ClN4O3/c1-3-25-17(24)21-14-7-5-13(6-8-14)20-11(2)16(23)22-15-9-4-12(18)10-19-15/h4-11,20H,3H2,1-2H3,(H,21,24)(H,19,22,23). The third kappa shape index (κ3) is 5.96. The number of anilines is 3. The molecule has 1 aromatic heterocycles. The number of carbonyl (C=O) groups is 2. The first-order chi connectivity index (χ1) is 12.0. The van der Waals surface area contributed by atoms with Gasteiger partial charge in [-0.2, -0.15) is 0 Å². The van der Waals surface area contributed by atoms with E-state index in [0.717, 1.165) is 5.69 Å². The fraction of sp³-hybridized carbons (Fsp3) is 0.235. The number of nitrogens with zero attached hydrogens (tertiary/aromatic N) is 1. The number of nitrogens with one attached hydrogen (secondary N) is 3. The Balaban J connectivity index is 1.88. The number of halogens is 1. The first-order valence-corrected chi connectivity index (χ1v) is 8.08. The summed E-state index contributed by atoms with van der Waals surface area (Å²) in [5.41, 5.74) is 1.34. The van der Waals surface area contributed by atoms with Crippen molar-refractivity contribution in [2.24, 2.45) is 0 Å². The van der Waals surface area contributed by atoms with E-state index < -0.39 is 12.1 Å². The minimum atomic E-state index is -0.508. The molecule has 0 saturated heterocycles. The predicted molar refractivity (Wildman–Crippen MR) is 98.0 cm³/mol. The smallest absolute Gasteiger partial charge is 0.411 e. The molecule has 0 bridgehead atoms. The summed E-state index contributed by atoms with van der Waals surface area (Å²) in [7, 11) is 0. The average molecular weight is 363 g/mol. The van der Waals surface area contributed by atoms with Crippen LogP contribution in [0.5, 0.6) is 0 Å². The molecule has 1 atom stereocenters. The molecule has 132 valence electrons. The molecule has 0 aliphatic carbocycles. The SMILES string of the molecule is CCOC(=O)Nc1ccc(NC(C)C(=O)Nc2ccc(Cl)cn2)cc1. The van der Waals surface area contributed by atoms with E-state index in [9.17, 15) is 9.59 Å². The van der Waals surface area contributed by atoms with Crippen molar-refractivity contribution in [2.75, 3.05) is 22.6 Å². The second-order valence-corrected chi connectivity index (χ2v) is 5.58. The number of rotatable bonds is 6. The third-order valence-corrected chi connectivity index (χ3v) is 3.39. The van der Waals surface area contributed by atoms with E-state index >= 15 is 0 Å². The number of aromatic nitrogens is 1. The first-order valence-electron chi connectivity index (χ1n) is 7.70. The maximum absolute atomic E-state index is 12.2. The number of hydrogen-bond donors (Lipinski definition) is 3. The summed E-state index contributed by atoms with van der Waals surface area (Å²) in [5, 5.41) is 8.86. The van der Waals surface area contributed by atoms with Crippen LogP contribution in [0.2, 0.25) is 5.02 Å². The zero-order valence-corrected chi connectivity index (χ0v) is 14.6. The van der Waals surface area contributed by atoms with Crippen LogP contribution in [0.15, 0.2) is 42.6 Å². The summed E-state index contributed by atoms with van der Waals surface area (Å²) in [6.07, 6.45) is 0.955. The normalized spacial score (nSPS) is 11.3. The van der Waals surface area contributed by atoms with Gasteiger partial charge in [-0.15, -0.1) is 0 Å². The molecule has 25 heavy (non-hydrogen) atoms. The molecule has 3 N–H and O–H groups in total. The van der Waals surface area contributed by atoms with Crippen molar-refractivity contribution in [2.45, 2.75) is 19.9 Å². The van der Waals surface area contributed by atoms with Gasteiger partial charge in [-0.3, -0.25) is 10.1 Å². The topological polar surface area (TPSA) is 92.4 Å². The molecule has 0 aliphatic heterocycles. The van der Waals surface area contributed by atoms with Crippen molar-refractivity contribution in [3.8, 4) is 0 Å². The molecule has 8 heteroatoms. The van der Waals surface area contributed by atoms with Crippen molar-refractivity contribution in [1.29, 1.82) is 0 Å². The number of hydrogen-bond acceptors (Lipinski definition) is 5. The van der Waals surface area contributed by atoms with Gasteiger partial charge >= 0.3 is 6.09 Å². The zero-order chi connectivity index (χ0) is 18.2. The Labute approximate surface area is 150 Å². The molecular formula is C17H19ClN4O3. The first kappa shape index (κ1) is 18.5. The summed E-state index contributed by atoms with van der Waals surface area (Å²) in [6.45, 7) is 3.77.